The Morgan fingerprint density at radius 1 is 1.27 bits per heavy atom. The summed E-state index contributed by atoms with van der Waals surface area (Å²) in [6.07, 6.45) is 2.80. The molecule has 0 aliphatic rings. The molecule has 4 nitrogen and oxygen atoms in total. The second-order valence-corrected chi connectivity index (χ2v) is 6.48. The van der Waals surface area contributed by atoms with Gasteiger partial charge in [-0.2, -0.15) is 0 Å². The first-order valence-electron chi connectivity index (χ1n) is 7.56. The molecule has 5 heteroatoms. The van der Waals surface area contributed by atoms with Crippen LogP contribution in [0.5, 0.6) is 0 Å². The molecular formula is C17H24ClN3O. The smallest absolute Gasteiger partial charge is 0.0952 e. The summed E-state index contributed by atoms with van der Waals surface area (Å²) in [5.41, 5.74) is 2.93. The molecule has 0 aliphatic carbocycles. The van der Waals surface area contributed by atoms with Gasteiger partial charge in [-0.1, -0.05) is 23.7 Å². The maximum Gasteiger partial charge on any atom is 0.0952 e. The van der Waals surface area contributed by atoms with Crippen LogP contribution in [0.15, 0.2) is 30.6 Å². The lowest BCUT2D eigenvalue weighted by molar-refractivity contribution is 0.276. The van der Waals surface area contributed by atoms with Crippen molar-refractivity contribution in [2.24, 2.45) is 0 Å². The van der Waals surface area contributed by atoms with Crippen molar-refractivity contribution in [1.82, 2.24) is 14.9 Å². The number of hydrogen-bond donors (Lipinski definition) is 2. The van der Waals surface area contributed by atoms with E-state index in [-0.39, 0.29) is 12.1 Å². The molecule has 1 aromatic carbocycles. The number of aliphatic hydroxyl groups excluding tert-OH is 1. The zero-order chi connectivity index (χ0) is 16.2. The first-order valence-corrected chi connectivity index (χ1v) is 7.94. The fourth-order valence-electron chi connectivity index (χ4n) is 2.48. The van der Waals surface area contributed by atoms with Gasteiger partial charge in [0.05, 0.1) is 18.6 Å². The summed E-state index contributed by atoms with van der Waals surface area (Å²) in [5.74, 6) is 0. The number of nitrogens with zero attached hydrogens (tertiary/aromatic N) is 2. The molecule has 2 aromatic rings. The lowest BCUT2D eigenvalue weighted by atomic mass is 9.94. The van der Waals surface area contributed by atoms with E-state index in [9.17, 15) is 0 Å². The summed E-state index contributed by atoms with van der Waals surface area (Å²) in [6.45, 7) is 8.12. The summed E-state index contributed by atoms with van der Waals surface area (Å²) in [7, 11) is 0. The van der Waals surface area contributed by atoms with Crippen molar-refractivity contribution < 1.29 is 5.11 Å². The average molecular weight is 322 g/mol. The molecule has 0 atom stereocenters. The third-order valence-electron chi connectivity index (χ3n) is 4.06. The van der Waals surface area contributed by atoms with E-state index < -0.39 is 0 Å². The second kappa shape index (κ2) is 7.27. The van der Waals surface area contributed by atoms with E-state index in [1.54, 1.807) is 6.33 Å². The summed E-state index contributed by atoms with van der Waals surface area (Å²) >= 11 is 5.94. The maximum atomic E-state index is 9.16. The van der Waals surface area contributed by atoms with Gasteiger partial charge in [0, 0.05) is 22.8 Å². The highest BCUT2D eigenvalue weighted by atomic mass is 35.5. The van der Waals surface area contributed by atoms with E-state index in [1.165, 1.54) is 5.56 Å². The molecule has 0 fully saturated rings. The van der Waals surface area contributed by atoms with Gasteiger partial charge in [-0.15, -0.1) is 0 Å². The van der Waals surface area contributed by atoms with Gasteiger partial charge in [0.25, 0.3) is 0 Å². The van der Waals surface area contributed by atoms with Crippen LogP contribution < -0.4 is 5.32 Å². The molecule has 0 amide bonds. The van der Waals surface area contributed by atoms with Gasteiger partial charge in [-0.3, -0.25) is 0 Å². The fourth-order valence-corrected chi connectivity index (χ4v) is 2.61. The van der Waals surface area contributed by atoms with E-state index >= 15 is 0 Å². The molecule has 0 radical (unpaired) electrons. The van der Waals surface area contributed by atoms with Crippen LogP contribution in [0.2, 0.25) is 5.02 Å². The lowest BCUT2D eigenvalue weighted by Gasteiger charge is -2.27. The Balaban J connectivity index is 1.84. The molecule has 0 unspecified atom stereocenters. The SMILES string of the molecule is Cc1c(CO)ncn1CCCNC(C)(C)c1ccc(Cl)cc1. The third kappa shape index (κ3) is 4.09. The van der Waals surface area contributed by atoms with E-state index in [0.717, 1.165) is 35.9 Å². The largest absolute Gasteiger partial charge is 0.390 e. The van der Waals surface area contributed by atoms with Crippen molar-refractivity contribution in [3.63, 3.8) is 0 Å². The number of imidazole rings is 1. The van der Waals surface area contributed by atoms with Gasteiger partial charge in [0.2, 0.25) is 0 Å². The number of rotatable bonds is 7. The Kier molecular flexibility index (Phi) is 5.62. The van der Waals surface area contributed by atoms with Gasteiger partial charge in [0.1, 0.15) is 0 Å². The number of hydrogen-bond acceptors (Lipinski definition) is 3. The van der Waals surface area contributed by atoms with Crippen molar-refractivity contribution >= 4 is 11.6 Å². The van der Waals surface area contributed by atoms with Crippen LogP contribution in [-0.2, 0) is 18.7 Å². The minimum atomic E-state index is -0.0924. The van der Waals surface area contributed by atoms with Crippen molar-refractivity contribution in [3.8, 4) is 0 Å². The van der Waals surface area contributed by atoms with Gasteiger partial charge in [-0.05, 0) is 51.4 Å². The molecule has 1 aromatic heterocycles. The van der Waals surface area contributed by atoms with Gasteiger partial charge in [0.15, 0.2) is 0 Å². The normalized spacial score (nSPS) is 11.9. The zero-order valence-corrected chi connectivity index (χ0v) is 14.2. The summed E-state index contributed by atoms with van der Waals surface area (Å²) in [4.78, 5) is 4.20. The number of nitrogens with one attached hydrogen (secondary N) is 1. The van der Waals surface area contributed by atoms with Crippen LogP contribution in [0.1, 0.15) is 37.2 Å². The number of aromatic nitrogens is 2. The second-order valence-electron chi connectivity index (χ2n) is 6.04. The van der Waals surface area contributed by atoms with Gasteiger partial charge < -0.3 is 15.0 Å². The summed E-state index contributed by atoms with van der Waals surface area (Å²) in [6, 6.07) is 7.96. The lowest BCUT2D eigenvalue weighted by Crippen LogP contribution is -2.37. The van der Waals surface area contributed by atoms with Crippen molar-refractivity contribution in [1.29, 1.82) is 0 Å². The van der Waals surface area contributed by atoms with Crippen LogP contribution in [0.4, 0.5) is 0 Å². The quantitative estimate of drug-likeness (QED) is 0.770. The Morgan fingerprint density at radius 2 is 1.95 bits per heavy atom. The zero-order valence-electron chi connectivity index (χ0n) is 13.4. The average Bonchev–Trinajstić information content (AvgIpc) is 2.84. The molecule has 2 rings (SSSR count). The van der Waals surface area contributed by atoms with Gasteiger partial charge in [-0.25, -0.2) is 4.98 Å². The summed E-state index contributed by atoms with van der Waals surface area (Å²) in [5, 5.41) is 13.5. The molecule has 1 heterocycles. The standard InChI is InChI=1S/C17H24ClN3O/c1-13-16(11-22)19-12-21(13)10-4-9-20-17(2,3)14-5-7-15(18)8-6-14/h5-8,12,20,22H,4,9-11H2,1-3H3. The van der Waals surface area contributed by atoms with Crippen LogP contribution in [0.3, 0.4) is 0 Å². The molecule has 0 saturated heterocycles. The Labute approximate surface area is 137 Å². The molecular weight excluding hydrogens is 298 g/mol. The van der Waals surface area contributed by atoms with Crippen LogP contribution >= 0.6 is 11.6 Å². The van der Waals surface area contributed by atoms with Crippen LogP contribution in [0, 0.1) is 6.92 Å². The van der Waals surface area contributed by atoms with Crippen LogP contribution in [0.25, 0.3) is 0 Å². The number of halogens is 1. The van der Waals surface area contributed by atoms with Crippen molar-refractivity contribution in [2.75, 3.05) is 6.54 Å². The third-order valence-corrected chi connectivity index (χ3v) is 4.31. The van der Waals surface area contributed by atoms with Crippen molar-refractivity contribution in [3.05, 3.63) is 52.6 Å². The monoisotopic (exact) mass is 321 g/mol. The van der Waals surface area contributed by atoms with Crippen molar-refractivity contribution in [2.45, 2.75) is 45.9 Å². The predicted molar refractivity (Wildman–Crippen MR) is 90.0 cm³/mol. The predicted octanol–water partition coefficient (Wildman–Crippen LogP) is 3.25. The highest BCUT2D eigenvalue weighted by molar-refractivity contribution is 6.30. The Hall–Kier alpha value is -1.36. The van der Waals surface area contributed by atoms with E-state index in [2.05, 4.69) is 40.8 Å². The molecule has 2 N–H and O–H groups in total. The molecule has 0 saturated carbocycles. The number of aliphatic hydroxyl groups is 1. The first-order chi connectivity index (χ1) is 10.4. The molecule has 22 heavy (non-hydrogen) atoms. The highest BCUT2D eigenvalue weighted by Crippen LogP contribution is 2.21. The van der Waals surface area contributed by atoms with E-state index in [0.29, 0.717) is 0 Å². The molecule has 0 aliphatic heterocycles. The molecule has 0 bridgehead atoms. The van der Waals surface area contributed by atoms with Gasteiger partial charge >= 0.3 is 0 Å². The van der Waals surface area contributed by atoms with E-state index in [4.69, 9.17) is 16.7 Å². The first kappa shape index (κ1) is 17.0. The minimum absolute atomic E-state index is 0.000676. The highest BCUT2D eigenvalue weighted by Gasteiger charge is 2.19. The molecule has 120 valence electrons. The Morgan fingerprint density at radius 3 is 2.55 bits per heavy atom. The Bertz CT molecular complexity index is 605. The topological polar surface area (TPSA) is 50.1 Å². The number of benzene rings is 1. The summed E-state index contributed by atoms with van der Waals surface area (Å²) < 4.78 is 2.09. The molecule has 0 spiro atoms. The maximum absolute atomic E-state index is 9.16. The van der Waals surface area contributed by atoms with E-state index in [1.807, 2.05) is 19.1 Å². The fraction of sp³-hybridized carbons (Fsp3) is 0.471. The minimum Gasteiger partial charge on any atom is -0.390 e. The van der Waals surface area contributed by atoms with Crippen LogP contribution in [-0.4, -0.2) is 21.2 Å². The number of aryl methyl sites for hydroxylation is 1.